The third-order valence-electron chi connectivity index (χ3n) is 5.19. The van der Waals surface area contributed by atoms with Crippen LogP contribution in [0.25, 0.3) is 0 Å². The molecule has 0 saturated carbocycles. The number of ether oxygens (including phenoxy) is 5. The lowest BCUT2D eigenvalue weighted by molar-refractivity contribution is -0.319. The first-order valence-corrected chi connectivity index (χ1v) is 9.32. The molecule has 31 heavy (non-hydrogen) atoms. The molecule has 2 aliphatic heterocycles. The lowest BCUT2D eigenvalue weighted by Gasteiger charge is -2.42. The van der Waals surface area contributed by atoms with Gasteiger partial charge in [0.15, 0.2) is 23.9 Å². The summed E-state index contributed by atoms with van der Waals surface area (Å²) in [5.74, 6) is -1.45. The van der Waals surface area contributed by atoms with Gasteiger partial charge >= 0.3 is 0 Å². The van der Waals surface area contributed by atoms with Crippen molar-refractivity contribution in [1.29, 1.82) is 0 Å². The lowest BCUT2D eigenvalue weighted by atomic mass is 9.98. The van der Waals surface area contributed by atoms with Gasteiger partial charge in [0.05, 0.1) is 26.9 Å². The molecular formula is C18H26O13. The van der Waals surface area contributed by atoms with Crippen LogP contribution in [0.5, 0.6) is 23.0 Å². The second kappa shape index (κ2) is 9.28. The number of phenols is 2. The van der Waals surface area contributed by atoms with Crippen molar-refractivity contribution in [3.05, 3.63) is 12.1 Å². The summed E-state index contributed by atoms with van der Waals surface area (Å²) in [7, 11) is 1.31. The van der Waals surface area contributed by atoms with E-state index in [1.165, 1.54) is 7.11 Å². The van der Waals surface area contributed by atoms with Gasteiger partial charge in [-0.3, -0.25) is 0 Å². The molecule has 2 saturated heterocycles. The minimum atomic E-state index is -2.01. The molecule has 0 spiro atoms. The van der Waals surface area contributed by atoms with Gasteiger partial charge in [0, 0.05) is 12.1 Å². The summed E-state index contributed by atoms with van der Waals surface area (Å²) in [6.07, 6.45) is -11.2. The first-order valence-electron chi connectivity index (χ1n) is 9.32. The van der Waals surface area contributed by atoms with Gasteiger partial charge in [-0.25, -0.2) is 0 Å². The predicted molar refractivity (Wildman–Crippen MR) is 97.4 cm³/mol. The maximum atomic E-state index is 10.5. The number of aromatic hydroxyl groups is 2. The Labute approximate surface area is 176 Å². The molecule has 0 aromatic heterocycles. The number of benzene rings is 1. The van der Waals surface area contributed by atoms with E-state index in [1.54, 1.807) is 0 Å². The average molecular weight is 450 g/mol. The Morgan fingerprint density at radius 3 is 2.23 bits per heavy atom. The second-order valence-corrected chi connectivity index (χ2v) is 7.31. The van der Waals surface area contributed by atoms with Crippen LogP contribution in [0.1, 0.15) is 0 Å². The quantitative estimate of drug-likeness (QED) is 0.206. The molecule has 8 N–H and O–H groups in total. The summed E-state index contributed by atoms with van der Waals surface area (Å²) >= 11 is 0. The van der Waals surface area contributed by atoms with Gasteiger partial charge in [-0.15, -0.1) is 0 Å². The van der Waals surface area contributed by atoms with Crippen LogP contribution in [0, 0.1) is 0 Å². The third-order valence-corrected chi connectivity index (χ3v) is 5.19. The summed E-state index contributed by atoms with van der Waals surface area (Å²) in [5, 5.41) is 79.9. The van der Waals surface area contributed by atoms with E-state index >= 15 is 0 Å². The van der Waals surface area contributed by atoms with Crippen LogP contribution in [0.2, 0.25) is 0 Å². The standard InChI is InChI=1S/C18H26O13/c1-27-7-2-8(21)13(9(22)3-7)30-16-14(12(24)11(23)10(4-19)29-16)31-17-15(25)18(26,5-20)6-28-17/h2-3,10-12,14-17,19-26H,4-6H2,1H3/t10-,11-,12+,14-,15+,16+,17+,18-/m1/s1. The predicted octanol–water partition coefficient (Wildman–Crippen LogP) is -3.25. The van der Waals surface area contributed by atoms with Crippen molar-refractivity contribution < 1.29 is 64.5 Å². The number of hydrogen-bond donors (Lipinski definition) is 8. The first kappa shape index (κ1) is 23.7. The topological polar surface area (TPSA) is 208 Å². The van der Waals surface area contributed by atoms with Crippen molar-refractivity contribution in [3.63, 3.8) is 0 Å². The van der Waals surface area contributed by atoms with Gasteiger partial charge < -0.3 is 64.5 Å². The molecule has 176 valence electrons. The molecular weight excluding hydrogens is 424 g/mol. The highest BCUT2D eigenvalue weighted by Crippen LogP contribution is 2.42. The van der Waals surface area contributed by atoms with Gasteiger partial charge in [0.2, 0.25) is 12.0 Å². The Balaban J connectivity index is 1.86. The molecule has 2 heterocycles. The van der Waals surface area contributed by atoms with Crippen molar-refractivity contribution in [2.75, 3.05) is 26.9 Å². The molecule has 3 rings (SSSR count). The van der Waals surface area contributed by atoms with E-state index in [-0.39, 0.29) is 5.75 Å². The van der Waals surface area contributed by atoms with Gasteiger partial charge in [-0.05, 0) is 0 Å². The Hall–Kier alpha value is -1.94. The summed E-state index contributed by atoms with van der Waals surface area (Å²) in [5.41, 5.74) is -2.01. The van der Waals surface area contributed by atoms with Crippen LogP contribution in [0.4, 0.5) is 0 Å². The van der Waals surface area contributed by atoms with Crippen molar-refractivity contribution >= 4 is 0 Å². The van der Waals surface area contributed by atoms with E-state index in [0.29, 0.717) is 0 Å². The van der Waals surface area contributed by atoms with Gasteiger partial charge in [-0.1, -0.05) is 0 Å². The first-order chi connectivity index (χ1) is 14.6. The average Bonchev–Trinajstić information content (AvgIpc) is 3.04. The zero-order valence-corrected chi connectivity index (χ0v) is 16.4. The number of methoxy groups -OCH3 is 1. The zero-order chi connectivity index (χ0) is 22.9. The van der Waals surface area contributed by atoms with Gasteiger partial charge in [-0.2, -0.15) is 0 Å². The molecule has 0 bridgehead atoms. The lowest BCUT2D eigenvalue weighted by Crippen LogP contribution is -2.62. The largest absolute Gasteiger partial charge is 0.504 e. The van der Waals surface area contributed by atoms with E-state index in [2.05, 4.69) is 0 Å². The molecule has 0 amide bonds. The Bertz CT molecular complexity index is 737. The third kappa shape index (κ3) is 4.50. The Morgan fingerprint density at radius 1 is 1.06 bits per heavy atom. The highest BCUT2D eigenvalue weighted by molar-refractivity contribution is 5.54. The van der Waals surface area contributed by atoms with Gasteiger partial charge in [0.1, 0.15) is 35.8 Å². The Kier molecular flexibility index (Phi) is 7.10. The molecule has 2 aliphatic rings. The Morgan fingerprint density at radius 2 is 1.71 bits per heavy atom. The van der Waals surface area contributed by atoms with Crippen LogP contribution >= 0.6 is 0 Å². The van der Waals surface area contributed by atoms with Crippen LogP contribution in [0.15, 0.2) is 12.1 Å². The second-order valence-electron chi connectivity index (χ2n) is 7.31. The minimum Gasteiger partial charge on any atom is -0.504 e. The van der Waals surface area contributed by atoms with E-state index in [4.69, 9.17) is 23.7 Å². The number of phenolic OH excluding ortho intramolecular Hbond substituents is 2. The van der Waals surface area contributed by atoms with Crippen molar-refractivity contribution in [3.8, 4) is 23.0 Å². The molecule has 8 atom stereocenters. The number of rotatable bonds is 7. The minimum absolute atomic E-state index is 0.120. The maximum Gasteiger partial charge on any atom is 0.230 e. The van der Waals surface area contributed by atoms with Crippen LogP contribution in [-0.2, 0) is 14.2 Å². The van der Waals surface area contributed by atoms with Crippen molar-refractivity contribution in [2.24, 2.45) is 0 Å². The zero-order valence-electron chi connectivity index (χ0n) is 16.4. The van der Waals surface area contributed by atoms with E-state index in [9.17, 15) is 40.9 Å². The SMILES string of the molecule is COc1cc(O)c(O[C@@H]2O[C@H](CO)[C@@H](O)[C@H](O)[C@H]2O[C@@H]2OC[C@](O)(CO)[C@H]2O)c(O)c1. The fourth-order valence-electron chi connectivity index (χ4n) is 3.29. The molecule has 0 aliphatic carbocycles. The molecule has 1 aromatic rings. The monoisotopic (exact) mass is 450 g/mol. The highest BCUT2D eigenvalue weighted by atomic mass is 16.8. The van der Waals surface area contributed by atoms with Crippen LogP contribution in [-0.4, -0.2) is 116 Å². The van der Waals surface area contributed by atoms with Crippen LogP contribution in [0.3, 0.4) is 0 Å². The summed E-state index contributed by atoms with van der Waals surface area (Å²) in [6, 6.07) is 2.27. The number of aliphatic hydroxyl groups is 6. The number of aliphatic hydroxyl groups excluding tert-OH is 5. The number of hydrogen-bond acceptors (Lipinski definition) is 13. The van der Waals surface area contributed by atoms with E-state index in [1.807, 2.05) is 0 Å². The molecule has 0 radical (unpaired) electrons. The molecule has 0 unspecified atom stereocenters. The summed E-state index contributed by atoms with van der Waals surface area (Å²) < 4.78 is 26.4. The van der Waals surface area contributed by atoms with Crippen molar-refractivity contribution in [2.45, 2.75) is 48.7 Å². The molecule has 13 nitrogen and oxygen atoms in total. The van der Waals surface area contributed by atoms with Crippen LogP contribution < -0.4 is 9.47 Å². The normalized spacial score (nSPS) is 38.2. The highest BCUT2D eigenvalue weighted by Gasteiger charge is 2.53. The van der Waals surface area contributed by atoms with E-state index < -0.39 is 85.8 Å². The fourth-order valence-corrected chi connectivity index (χ4v) is 3.29. The maximum absolute atomic E-state index is 10.5. The smallest absolute Gasteiger partial charge is 0.230 e. The van der Waals surface area contributed by atoms with Crippen molar-refractivity contribution in [1.82, 2.24) is 0 Å². The summed E-state index contributed by atoms with van der Waals surface area (Å²) in [6.45, 7) is -2.02. The summed E-state index contributed by atoms with van der Waals surface area (Å²) in [4.78, 5) is 0. The molecule has 1 aromatic carbocycles. The molecule has 13 heteroatoms. The fraction of sp³-hybridized carbons (Fsp3) is 0.667. The van der Waals surface area contributed by atoms with Gasteiger partial charge in [0.25, 0.3) is 0 Å². The molecule has 2 fully saturated rings. The van der Waals surface area contributed by atoms with E-state index in [0.717, 1.165) is 12.1 Å².